The van der Waals surface area contributed by atoms with Gasteiger partial charge in [0.1, 0.15) is 0 Å². The minimum Gasteiger partial charge on any atom is -0.451 e. The van der Waals surface area contributed by atoms with Crippen molar-refractivity contribution < 1.29 is 4.74 Å². The third-order valence-corrected chi connectivity index (χ3v) is 9.07. The number of para-hydroxylation sites is 2. The van der Waals surface area contributed by atoms with E-state index in [-0.39, 0.29) is 6.04 Å². The Kier molecular flexibility index (Phi) is 10.5. The van der Waals surface area contributed by atoms with Crippen LogP contribution in [0.2, 0.25) is 0 Å². The first-order valence-corrected chi connectivity index (χ1v) is 15.7. The zero-order chi connectivity index (χ0) is 25.2. The van der Waals surface area contributed by atoms with E-state index in [2.05, 4.69) is 92.4 Å². The maximum absolute atomic E-state index is 6.83. The molecule has 0 N–H and O–H groups in total. The Morgan fingerprint density at radius 1 is 0.639 bits per heavy atom. The number of benzene rings is 3. The Hall–Kier alpha value is -2.04. The van der Waals surface area contributed by atoms with Crippen LogP contribution in [0.25, 0.3) is 0 Å². The Bertz CT molecular complexity index is 1020. The number of thioether (sulfide) groups is 2. The average Bonchev–Trinajstić information content (AvgIpc) is 2.92. The van der Waals surface area contributed by atoms with Crippen LogP contribution in [-0.4, -0.2) is 11.5 Å². The first-order chi connectivity index (χ1) is 17.7. The molecule has 0 radical (unpaired) electrons. The quantitative estimate of drug-likeness (QED) is 0.155. The van der Waals surface area contributed by atoms with Crippen LogP contribution in [0.3, 0.4) is 0 Å². The minimum absolute atomic E-state index is 0.196. The molecule has 0 aliphatic carbocycles. The summed E-state index contributed by atoms with van der Waals surface area (Å²) in [6.07, 6.45) is 10.3. The molecule has 0 bridgehead atoms. The Balaban J connectivity index is 1.67. The molecule has 1 aliphatic heterocycles. The largest absolute Gasteiger partial charge is 0.451 e. The average molecular weight is 520 g/mol. The lowest BCUT2D eigenvalue weighted by Gasteiger charge is -2.38. The molecular weight excluding hydrogens is 478 g/mol. The highest BCUT2D eigenvalue weighted by atomic mass is 32.2. The minimum atomic E-state index is 0.196. The van der Waals surface area contributed by atoms with Crippen molar-refractivity contribution in [2.24, 2.45) is 0 Å². The number of hydrogen-bond donors (Lipinski definition) is 0. The van der Waals surface area contributed by atoms with E-state index in [1.165, 1.54) is 78.1 Å². The summed E-state index contributed by atoms with van der Waals surface area (Å²) in [5.74, 6) is 4.31. The second-order valence-electron chi connectivity index (χ2n) is 9.59. The van der Waals surface area contributed by atoms with E-state index in [1.54, 1.807) is 0 Å². The molecule has 1 heterocycles. The zero-order valence-electron chi connectivity index (χ0n) is 22.2. The van der Waals surface area contributed by atoms with E-state index in [0.717, 1.165) is 23.0 Å². The molecule has 0 fully saturated rings. The van der Waals surface area contributed by atoms with E-state index < -0.39 is 0 Å². The van der Waals surface area contributed by atoms with Gasteiger partial charge in [-0.3, -0.25) is 0 Å². The fourth-order valence-electron chi connectivity index (χ4n) is 4.77. The fourth-order valence-corrected chi connectivity index (χ4v) is 6.81. The predicted molar refractivity (Wildman–Crippen MR) is 160 cm³/mol. The first-order valence-electron chi connectivity index (χ1n) is 13.8. The summed E-state index contributed by atoms with van der Waals surface area (Å²) >= 11 is 3.89. The highest BCUT2D eigenvalue weighted by molar-refractivity contribution is 7.99. The number of unbranched alkanes of at least 4 members (excludes halogenated alkanes) is 6. The summed E-state index contributed by atoms with van der Waals surface area (Å²) in [7, 11) is 0. The van der Waals surface area contributed by atoms with Crippen molar-refractivity contribution in [2.45, 2.75) is 88.0 Å². The van der Waals surface area contributed by atoms with Crippen LogP contribution in [0.15, 0.2) is 76.5 Å². The topological polar surface area (TPSA) is 12.5 Å². The van der Waals surface area contributed by atoms with E-state index in [0.29, 0.717) is 0 Å². The van der Waals surface area contributed by atoms with Gasteiger partial charge in [0, 0.05) is 0 Å². The number of fused-ring (bicyclic) bond motifs is 2. The Morgan fingerprint density at radius 2 is 1.17 bits per heavy atom. The second kappa shape index (κ2) is 14.0. The molecule has 1 unspecified atom stereocenters. The van der Waals surface area contributed by atoms with Crippen LogP contribution in [-0.2, 0) is 0 Å². The lowest BCUT2D eigenvalue weighted by molar-refractivity contribution is 0.447. The molecule has 36 heavy (non-hydrogen) atoms. The molecule has 4 rings (SSSR count). The molecule has 4 heteroatoms. The summed E-state index contributed by atoms with van der Waals surface area (Å²) in [6.45, 7) is 6.85. The summed E-state index contributed by atoms with van der Waals surface area (Å²) in [5, 5.41) is 0. The highest BCUT2D eigenvalue weighted by Gasteiger charge is 2.32. The van der Waals surface area contributed by atoms with Crippen molar-refractivity contribution >= 4 is 34.9 Å². The van der Waals surface area contributed by atoms with Gasteiger partial charge >= 0.3 is 0 Å². The van der Waals surface area contributed by atoms with Crippen molar-refractivity contribution in [3.63, 3.8) is 0 Å². The lowest BCUT2D eigenvalue weighted by atomic mass is 10.0. The molecule has 0 saturated carbocycles. The SMILES string of the molecule is CCCCCCSc1cccc2c1Oc1c(SCCCCCC)cccc1N2C(C)c1ccccc1. The number of rotatable bonds is 14. The third kappa shape index (κ3) is 6.63. The van der Waals surface area contributed by atoms with Gasteiger partial charge in [-0.05, 0) is 61.1 Å². The van der Waals surface area contributed by atoms with Crippen molar-refractivity contribution in [2.75, 3.05) is 16.4 Å². The van der Waals surface area contributed by atoms with E-state index in [9.17, 15) is 0 Å². The van der Waals surface area contributed by atoms with Gasteiger partial charge in [-0.2, -0.15) is 0 Å². The monoisotopic (exact) mass is 519 g/mol. The maximum Gasteiger partial charge on any atom is 0.164 e. The van der Waals surface area contributed by atoms with E-state index >= 15 is 0 Å². The number of hydrogen-bond acceptors (Lipinski definition) is 4. The normalized spacial score (nSPS) is 13.1. The molecule has 192 valence electrons. The van der Waals surface area contributed by atoms with Gasteiger partial charge in [-0.1, -0.05) is 94.8 Å². The lowest BCUT2D eigenvalue weighted by Crippen LogP contribution is -2.25. The molecular formula is C32H41NOS2. The van der Waals surface area contributed by atoms with Gasteiger partial charge in [-0.15, -0.1) is 23.5 Å². The fraction of sp³-hybridized carbons (Fsp3) is 0.438. The van der Waals surface area contributed by atoms with Crippen LogP contribution in [0.5, 0.6) is 11.5 Å². The Labute approximate surface area is 227 Å². The third-order valence-electron chi connectivity index (χ3n) is 6.82. The predicted octanol–water partition coefficient (Wildman–Crippen LogP) is 11.0. The number of ether oxygens (including phenoxy) is 1. The van der Waals surface area contributed by atoms with E-state index in [1.807, 2.05) is 23.5 Å². The molecule has 0 saturated heterocycles. The summed E-state index contributed by atoms with van der Waals surface area (Å²) in [5.41, 5.74) is 3.65. The van der Waals surface area contributed by atoms with Crippen LogP contribution >= 0.6 is 23.5 Å². The maximum atomic E-state index is 6.83. The van der Waals surface area contributed by atoms with Gasteiger partial charge in [0.15, 0.2) is 11.5 Å². The summed E-state index contributed by atoms with van der Waals surface area (Å²) in [4.78, 5) is 5.00. The van der Waals surface area contributed by atoms with Crippen LogP contribution in [0.4, 0.5) is 11.4 Å². The van der Waals surface area contributed by atoms with Gasteiger partial charge in [0.25, 0.3) is 0 Å². The molecule has 2 nitrogen and oxygen atoms in total. The van der Waals surface area contributed by atoms with Crippen LogP contribution in [0, 0.1) is 0 Å². The molecule has 0 amide bonds. The molecule has 0 aromatic heterocycles. The number of anilines is 2. The van der Waals surface area contributed by atoms with Gasteiger partial charge < -0.3 is 9.64 Å². The Morgan fingerprint density at radius 3 is 1.67 bits per heavy atom. The molecule has 1 aliphatic rings. The standard InChI is InChI=1S/C32H41NOS2/c1-4-6-8-13-23-35-29-21-15-19-27-31(29)34-32-28(33(27)25(3)26-17-11-10-12-18-26)20-16-22-30(32)36-24-14-9-7-5-2/h10-12,15-22,25H,4-9,13-14,23-24H2,1-3H3. The number of nitrogens with zero attached hydrogens (tertiary/aromatic N) is 1. The van der Waals surface area contributed by atoms with Crippen molar-refractivity contribution in [1.29, 1.82) is 0 Å². The first kappa shape index (κ1) is 27.0. The van der Waals surface area contributed by atoms with Crippen molar-refractivity contribution in [1.82, 2.24) is 0 Å². The van der Waals surface area contributed by atoms with Gasteiger partial charge in [0.05, 0.1) is 27.2 Å². The van der Waals surface area contributed by atoms with Crippen LogP contribution < -0.4 is 9.64 Å². The molecule has 1 atom stereocenters. The summed E-state index contributed by atoms with van der Waals surface area (Å²) < 4.78 is 6.83. The molecule has 3 aromatic rings. The zero-order valence-corrected chi connectivity index (χ0v) is 23.8. The molecule has 0 spiro atoms. The van der Waals surface area contributed by atoms with Gasteiger partial charge in [-0.25, -0.2) is 0 Å². The van der Waals surface area contributed by atoms with Crippen molar-refractivity contribution in [3.8, 4) is 11.5 Å². The van der Waals surface area contributed by atoms with Gasteiger partial charge in [0.2, 0.25) is 0 Å². The van der Waals surface area contributed by atoms with Crippen molar-refractivity contribution in [3.05, 3.63) is 72.3 Å². The highest BCUT2D eigenvalue weighted by Crippen LogP contribution is 2.55. The van der Waals surface area contributed by atoms with Crippen LogP contribution in [0.1, 0.15) is 83.7 Å². The molecule has 3 aromatic carbocycles. The second-order valence-corrected chi connectivity index (χ2v) is 11.9. The summed E-state index contributed by atoms with van der Waals surface area (Å²) in [6, 6.07) is 24.3. The smallest absolute Gasteiger partial charge is 0.164 e. The van der Waals surface area contributed by atoms with E-state index in [4.69, 9.17) is 4.74 Å².